The van der Waals surface area contributed by atoms with Crippen molar-refractivity contribution in [3.05, 3.63) is 32.6 Å². The van der Waals surface area contributed by atoms with E-state index in [4.69, 9.17) is 9.84 Å². The number of H-pyrrole nitrogens is 1. The van der Waals surface area contributed by atoms with Crippen LogP contribution < -0.4 is 16.6 Å². The molecule has 22 heavy (non-hydrogen) atoms. The van der Waals surface area contributed by atoms with E-state index < -0.39 is 29.9 Å². The van der Waals surface area contributed by atoms with Crippen LogP contribution in [0.4, 0.5) is 4.39 Å². The van der Waals surface area contributed by atoms with Crippen LogP contribution in [0.2, 0.25) is 0 Å². The molecule has 1 rings (SSSR count). The van der Waals surface area contributed by atoms with E-state index in [1.807, 2.05) is 6.92 Å². The molecule has 0 spiro atoms. The van der Waals surface area contributed by atoms with Gasteiger partial charge in [-0.15, -0.1) is 0 Å². The first-order chi connectivity index (χ1) is 10.5. The van der Waals surface area contributed by atoms with Crippen molar-refractivity contribution in [1.82, 2.24) is 14.9 Å². The van der Waals surface area contributed by atoms with Crippen LogP contribution in [0.5, 0.6) is 0 Å². The zero-order chi connectivity index (χ0) is 16.5. The molecule has 0 aliphatic heterocycles. The maximum atomic E-state index is 12.0. The molecule has 0 bridgehead atoms. The van der Waals surface area contributed by atoms with Crippen LogP contribution in [0.1, 0.15) is 18.9 Å². The Morgan fingerprint density at radius 1 is 1.55 bits per heavy atom. The number of amides is 1. The highest BCUT2D eigenvalue weighted by molar-refractivity contribution is 5.76. The number of alkyl halides is 1. The SMILES string of the molecule is CC[C@@H](CO)OCn1cc(CCNC(=O)CF)c(=O)[nH]c1=O. The highest BCUT2D eigenvalue weighted by Crippen LogP contribution is 1.98. The number of carbonyl (C=O) groups is 1. The molecule has 0 radical (unpaired) electrons. The lowest BCUT2D eigenvalue weighted by Gasteiger charge is -2.14. The molecule has 1 aromatic rings. The molecular weight excluding hydrogens is 297 g/mol. The zero-order valence-corrected chi connectivity index (χ0v) is 12.3. The van der Waals surface area contributed by atoms with Gasteiger partial charge in [-0.25, -0.2) is 9.18 Å². The molecule has 1 atom stereocenters. The number of aromatic amines is 1. The summed E-state index contributed by atoms with van der Waals surface area (Å²) in [5.41, 5.74) is -0.932. The van der Waals surface area contributed by atoms with Gasteiger partial charge in [0, 0.05) is 18.3 Å². The highest BCUT2D eigenvalue weighted by Gasteiger charge is 2.09. The Balaban J connectivity index is 2.74. The van der Waals surface area contributed by atoms with E-state index >= 15 is 0 Å². The lowest BCUT2D eigenvalue weighted by atomic mass is 10.2. The first-order valence-corrected chi connectivity index (χ1v) is 6.89. The maximum absolute atomic E-state index is 12.0. The Kier molecular flexibility index (Phi) is 7.47. The lowest BCUT2D eigenvalue weighted by Crippen LogP contribution is -2.35. The van der Waals surface area contributed by atoms with Crippen molar-refractivity contribution >= 4 is 5.91 Å². The molecule has 124 valence electrons. The molecule has 0 unspecified atom stereocenters. The van der Waals surface area contributed by atoms with E-state index in [2.05, 4.69) is 10.3 Å². The Morgan fingerprint density at radius 2 is 2.27 bits per heavy atom. The number of aliphatic hydroxyl groups excluding tert-OH is 1. The van der Waals surface area contributed by atoms with Gasteiger partial charge in [-0.1, -0.05) is 6.92 Å². The molecular formula is C13H20FN3O5. The first kappa shape index (κ1) is 18.1. The van der Waals surface area contributed by atoms with Gasteiger partial charge in [0.1, 0.15) is 6.73 Å². The van der Waals surface area contributed by atoms with Gasteiger partial charge in [-0.05, 0) is 12.8 Å². The number of nitrogens with one attached hydrogen (secondary N) is 2. The molecule has 3 N–H and O–H groups in total. The molecule has 1 aromatic heterocycles. The van der Waals surface area contributed by atoms with Crippen molar-refractivity contribution < 1.29 is 19.0 Å². The van der Waals surface area contributed by atoms with Crippen molar-refractivity contribution in [2.24, 2.45) is 0 Å². The van der Waals surface area contributed by atoms with Gasteiger partial charge in [0.2, 0.25) is 0 Å². The minimum Gasteiger partial charge on any atom is -0.394 e. The van der Waals surface area contributed by atoms with Crippen LogP contribution >= 0.6 is 0 Å². The van der Waals surface area contributed by atoms with Crippen LogP contribution in [-0.4, -0.2) is 46.5 Å². The fourth-order valence-electron chi connectivity index (χ4n) is 1.70. The van der Waals surface area contributed by atoms with Crippen molar-refractivity contribution in [2.45, 2.75) is 32.6 Å². The third kappa shape index (κ3) is 5.41. The highest BCUT2D eigenvalue weighted by atomic mass is 19.1. The summed E-state index contributed by atoms with van der Waals surface area (Å²) < 4.78 is 18.5. The number of ether oxygens (including phenoxy) is 1. The summed E-state index contributed by atoms with van der Waals surface area (Å²) in [5, 5.41) is 11.3. The molecule has 1 heterocycles. The van der Waals surface area contributed by atoms with Crippen molar-refractivity contribution in [3.8, 4) is 0 Å². The number of carbonyl (C=O) groups excluding carboxylic acids is 1. The average molecular weight is 317 g/mol. The predicted octanol–water partition coefficient (Wildman–Crippen LogP) is -1.09. The summed E-state index contributed by atoms with van der Waals surface area (Å²) in [6, 6.07) is 0. The summed E-state index contributed by atoms with van der Waals surface area (Å²) in [6.45, 7) is 0.507. The van der Waals surface area contributed by atoms with Gasteiger partial charge in [0.25, 0.3) is 11.5 Å². The van der Waals surface area contributed by atoms with Crippen LogP contribution in [0.25, 0.3) is 0 Å². The molecule has 0 saturated heterocycles. The minimum absolute atomic E-state index is 0.0825. The molecule has 0 aliphatic rings. The zero-order valence-electron chi connectivity index (χ0n) is 12.3. The average Bonchev–Trinajstić information content (AvgIpc) is 2.51. The topological polar surface area (TPSA) is 113 Å². The second-order valence-corrected chi connectivity index (χ2v) is 4.63. The Bertz CT molecular complexity index is 594. The van der Waals surface area contributed by atoms with Gasteiger partial charge in [0.15, 0.2) is 6.67 Å². The smallest absolute Gasteiger partial charge is 0.330 e. The number of nitrogens with zero attached hydrogens (tertiary/aromatic N) is 1. The molecule has 0 aliphatic carbocycles. The fraction of sp³-hybridized carbons (Fsp3) is 0.615. The predicted molar refractivity (Wildman–Crippen MR) is 76.3 cm³/mol. The summed E-state index contributed by atoms with van der Waals surface area (Å²) in [4.78, 5) is 36.2. The monoisotopic (exact) mass is 317 g/mol. The Morgan fingerprint density at radius 3 is 2.86 bits per heavy atom. The van der Waals surface area contributed by atoms with Gasteiger partial charge < -0.3 is 15.2 Å². The number of halogens is 1. The van der Waals surface area contributed by atoms with Gasteiger partial charge >= 0.3 is 5.69 Å². The summed E-state index contributed by atoms with van der Waals surface area (Å²) >= 11 is 0. The first-order valence-electron chi connectivity index (χ1n) is 6.89. The summed E-state index contributed by atoms with van der Waals surface area (Å²) in [6.07, 6.45) is 1.66. The molecule has 1 amide bonds. The van der Waals surface area contributed by atoms with E-state index in [9.17, 15) is 18.8 Å². The number of rotatable bonds is 9. The number of aromatic nitrogens is 2. The van der Waals surface area contributed by atoms with Crippen LogP contribution in [0.15, 0.2) is 15.8 Å². The van der Waals surface area contributed by atoms with Crippen LogP contribution in [0.3, 0.4) is 0 Å². The molecule has 9 heteroatoms. The maximum Gasteiger partial charge on any atom is 0.330 e. The van der Waals surface area contributed by atoms with Gasteiger partial charge in [-0.3, -0.25) is 19.1 Å². The van der Waals surface area contributed by atoms with Crippen molar-refractivity contribution in [3.63, 3.8) is 0 Å². The molecule has 0 aromatic carbocycles. The quantitative estimate of drug-likeness (QED) is 0.535. The lowest BCUT2D eigenvalue weighted by molar-refractivity contribution is -0.121. The summed E-state index contributed by atoms with van der Waals surface area (Å²) in [5.74, 6) is -0.762. The van der Waals surface area contributed by atoms with E-state index in [1.54, 1.807) is 0 Å². The van der Waals surface area contributed by atoms with E-state index in [-0.39, 0.29) is 31.9 Å². The molecule has 0 saturated carbocycles. The standard InChI is InChI=1S/C13H20FN3O5/c1-2-10(7-18)22-8-17-6-9(12(20)16-13(17)21)3-4-15-11(19)5-14/h6,10,18H,2-5,7-8H2,1H3,(H,15,19)(H,16,20,21)/t10-/m0/s1. The molecule has 8 nitrogen and oxygen atoms in total. The minimum atomic E-state index is -1.12. The fourth-order valence-corrected chi connectivity index (χ4v) is 1.70. The number of aliphatic hydroxyl groups is 1. The Labute approximate surface area is 125 Å². The van der Waals surface area contributed by atoms with E-state index in [0.29, 0.717) is 6.42 Å². The van der Waals surface area contributed by atoms with Crippen LogP contribution in [-0.2, 0) is 22.7 Å². The molecule has 0 fully saturated rings. The van der Waals surface area contributed by atoms with Gasteiger partial charge in [-0.2, -0.15) is 0 Å². The second-order valence-electron chi connectivity index (χ2n) is 4.63. The van der Waals surface area contributed by atoms with Crippen molar-refractivity contribution in [2.75, 3.05) is 19.8 Å². The van der Waals surface area contributed by atoms with Gasteiger partial charge in [0.05, 0.1) is 12.7 Å². The second kappa shape index (κ2) is 9.11. The Hall–Kier alpha value is -2.00. The largest absolute Gasteiger partial charge is 0.394 e. The van der Waals surface area contributed by atoms with E-state index in [0.717, 1.165) is 4.57 Å². The third-order valence-corrected chi connectivity index (χ3v) is 3.03. The normalized spacial score (nSPS) is 12.1. The van der Waals surface area contributed by atoms with E-state index in [1.165, 1.54) is 6.20 Å². The van der Waals surface area contributed by atoms with Crippen molar-refractivity contribution in [1.29, 1.82) is 0 Å². The summed E-state index contributed by atoms with van der Waals surface area (Å²) in [7, 11) is 0. The number of hydrogen-bond acceptors (Lipinski definition) is 5. The number of hydrogen-bond donors (Lipinski definition) is 3. The third-order valence-electron chi connectivity index (χ3n) is 3.03. The van der Waals surface area contributed by atoms with Crippen LogP contribution in [0, 0.1) is 0 Å².